The lowest BCUT2D eigenvalue weighted by molar-refractivity contribution is -0.127. The summed E-state index contributed by atoms with van der Waals surface area (Å²) in [5, 5.41) is 22.9. The number of aromatic nitrogens is 5. The van der Waals surface area contributed by atoms with Crippen LogP contribution >= 0.6 is 0 Å². The lowest BCUT2D eigenvalue weighted by atomic mass is 9.85. The van der Waals surface area contributed by atoms with Gasteiger partial charge in [-0.05, 0) is 45.1 Å². The molecule has 3 aromatic rings. The number of carbonyl (C=O) groups is 1. The number of hydrogen-bond donors (Lipinski definition) is 2. The van der Waals surface area contributed by atoms with Crippen LogP contribution in [0.5, 0.6) is 0 Å². The van der Waals surface area contributed by atoms with E-state index in [2.05, 4.69) is 27.7 Å². The van der Waals surface area contributed by atoms with Gasteiger partial charge in [-0.1, -0.05) is 0 Å². The Morgan fingerprint density at radius 1 is 1.26 bits per heavy atom. The molecule has 10 heteroatoms. The molecule has 0 unspecified atom stereocenters. The smallest absolute Gasteiger partial charge is 0.241 e. The molecule has 2 aliphatic rings. The first-order valence-corrected chi connectivity index (χ1v) is 12.5. The fourth-order valence-electron chi connectivity index (χ4n) is 5.41. The molecule has 0 bridgehead atoms. The van der Waals surface area contributed by atoms with E-state index < -0.39 is 0 Å². The van der Waals surface area contributed by atoms with Gasteiger partial charge in [0.15, 0.2) is 0 Å². The predicted octanol–water partition coefficient (Wildman–Crippen LogP) is 2.85. The summed E-state index contributed by atoms with van der Waals surface area (Å²) >= 11 is 0. The lowest BCUT2D eigenvalue weighted by Gasteiger charge is -2.25. The van der Waals surface area contributed by atoms with Gasteiger partial charge in [-0.2, -0.15) is 5.10 Å². The zero-order chi connectivity index (χ0) is 24.5. The van der Waals surface area contributed by atoms with Gasteiger partial charge < -0.3 is 20.1 Å². The van der Waals surface area contributed by atoms with E-state index in [4.69, 9.17) is 9.84 Å². The van der Waals surface area contributed by atoms with Crippen LogP contribution in [0, 0.1) is 0 Å². The van der Waals surface area contributed by atoms with E-state index in [1.165, 1.54) is 0 Å². The molecule has 2 atom stereocenters. The van der Waals surface area contributed by atoms with Crippen LogP contribution in [-0.4, -0.2) is 79.2 Å². The lowest BCUT2D eigenvalue weighted by Crippen LogP contribution is -2.26. The number of carbonyl (C=O) groups excluding carboxylic acids is 1. The van der Waals surface area contributed by atoms with Crippen molar-refractivity contribution >= 4 is 17.4 Å². The summed E-state index contributed by atoms with van der Waals surface area (Å²) in [5.74, 6) is 1.00. The van der Waals surface area contributed by atoms with Gasteiger partial charge >= 0.3 is 0 Å². The van der Waals surface area contributed by atoms with Crippen LogP contribution in [0.1, 0.15) is 63.6 Å². The van der Waals surface area contributed by atoms with Crippen molar-refractivity contribution in [1.82, 2.24) is 29.3 Å². The van der Waals surface area contributed by atoms with Crippen LogP contribution in [0.4, 0.5) is 5.95 Å². The minimum atomic E-state index is -0.210. The van der Waals surface area contributed by atoms with Gasteiger partial charge in [-0.25, -0.2) is 9.50 Å². The number of nitrogens with zero attached hydrogens (tertiary/aromatic N) is 6. The molecule has 0 radical (unpaired) electrons. The molecule has 0 aromatic carbocycles. The van der Waals surface area contributed by atoms with Crippen molar-refractivity contribution in [1.29, 1.82) is 0 Å². The predicted molar refractivity (Wildman–Crippen MR) is 132 cm³/mol. The molecule has 10 nitrogen and oxygen atoms in total. The molecule has 5 rings (SSSR count). The topological polar surface area (TPSA) is 110 Å². The van der Waals surface area contributed by atoms with Gasteiger partial charge in [0.1, 0.15) is 0 Å². The maximum Gasteiger partial charge on any atom is 0.241 e. The highest BCUT2D eigenvalue weighted by molar-refractivity contribution is 5.81. The summed E-state index contributed by atoms with van der Waals surface area (Å²) < 4.78 is 9.24. The Morgan fingerprint density at radius 3 is 2.77 bits per heavy atom. The molecule has 0 spiro atoms. The second-order valence-electron chi connectivity index (χ2n) is 9.98. The van der Waals surface area contributed by atoms with Crippen LogP contribution in [0.25, 0.3) is 16.6 Å². The summed E-state index contributed by atoms with van der Waals surface area (Å²) in [6.07, 6.45) is 10.0. The summed E-state index contributed by atoms with van der Waals surface area (Å²) in [4.78, 5) is 18.2. The Morgan fingerprint density at radius 2 is 2.06 bits per heavy atom. The number of rotatable bonds is 7. The highest BCUT2D eigenvalue weighted by atomic mass is 16.5. The number of hydrogen-bond acceptors (Lipinski definition) is 7. The molecule has 35 heavy (non-hydrogen) atoms. The number of likely N-dealkylation sites (tertiary alicyclic amines) is 1. The Labute approximate surface area is 205 Å². The number of aliphatic hydroxyl groups excluding tert-OH is 1. The quantitative estimate of drug-likeness (QED) is 0.534. The van der Waals surface area contributed by atoms with Crippen LogP contribution in [0.15, 0.2) is 24.7 Å². The maximum atomic E-state index is 11.8. The van der Waals surface area contributed by atoms with Crippen LogP contribution < -0.4 is 5.32 Å². The number of nitrogens with one attached hydrogen (secondary N) is 1. The number of ether oxygens (including phenoxy) is 1. The van der Waals surface area contributed by atoms with Crippen LogP contribution in [-0.2, 0) is 9.53 Å². The molecule has 1 saturated heterocycles. The molecule has 4 heterocycles. The third kappa shape index (κ3) is 4.90. The summed E-state index contributed by atoms with van der Waals surface area (Å²) in [6.45, 7) is 5.68. The van der Waals surface area contributed by atoms with Gasteiger partial charge in [-0.3, -0.25) is 9.48 Å². The van der Waals surface area contributed by atoms with E-state index in [9.17, 15) is 9.90 Å². The van der Waals surface area contributed by atoms with E-state index in [-0.39, 0.29) is 24.1 Å². The monoisotopic (exact) mass is 481 g/mol. The Bertz CT molecular complexity index is 1180. The van der Waals surface area contributed by atoms with E-state index in [0.29, 0.717) is 25.0 Å². The van der Waals surface area contributed by atoms with Crippen molar-refractivity contribution in [2.45, 2.75) is 70.1 Å². The molecule has 1 saturated carbocycles. The van der Waals surface area contributed by atoms with Crippen molar-refractivity contribution in [3.63, 3.8) is 0 Å². The van der Waals surface area contributed by atoms with Crippen LogP contribution in [0.2, 0.25) is 0 Å². The fourth-order valence-corrected chi connectivity index (χ4v) is 5.41. The molecule has 1 aliphatic heterocycles. The van der Waals surface area contributed by atoms with Gasteiger partial charge in [0.05, 0.1) is 36.7 Å². The number of methoxy groups -OCH3 is 1. The second-order valence-corrected chi connectivity index (χ2v) is 9.98. The first kappa shape index (κ1) is 23.7. The first-order chi connectivity index (χ1) is 16.9. The normalized spacial score (nSPS) is 23.7. The third-order valence-corrected chi connectivity index (χ3v) is 7.35. The Hall–Kier alpha value is -2.98. The minimum Gasteiger partial charge on any atom is -0.393 e. The van der Waals surface area contributed by atoms with Crippen molar-refractivity contribution in [3.05, 3.63) is 30.4 Å². The standard InChI is InChI=1S/C25H35N7O3/c1-16(15-35-3)28-25-26-12-24-22(10-23(32(24)29-25)18-4-6-21(34)7-5-18)19-11-27-31(13-19)20-8-9-30(14-20)17(2)33/h10-13,16,18,20-21,34H,4-9,14-15H2,1-3H3,(H,28,29)/t16-,18?,20-,21?/m0/s1. The molecule has 1 amide bonds. The van der Waals surface area contributed by atoms with Gasteiger partial charge in [-0.15, -0.1) is 5.10 Å². The average Bonchev–Trinajstić information content (AvgIpc) is 3.58. The Balaban J connectivity index is 1.48. The highest BCUT2D eigenvalue weighted by Crippen LogP contribution is 2.38. The zero-order valence-electron chi connectivity index (χ0n) is 20.7. The summed E-state index contributed by atoms with van der Waals surface area (Å²) in [6, 6.07) is 2.49. The molecule has 2 fully saturated rings. The SMILES string of the molecule is COC[C@H](C)Nc1ncc2c(-c3cnn([C@H]4CCN(C(C)=O)C4)c3)cc(C3CCC(O)CC3)n2n1. The molecular weight excluding hydrogens is 446 g/mol. The number of amides is 1. The Kier molecular flexibility index (Phi) is 6.75. The minimum absolute atomic E-state index is 0.0833. The van der Waals surface area contributed by atoms with E-state index in [1.807, 2.05) is 33.4 Å². The first-order valence-electron chi connectivity index (χ1n) is 12.5. The maximum absolute atomic E-state index is 11.8. The van der Waals surface area contributed by atoms with Gasteiger partial charge in [0.25, 0.3) is 0 Å². The second kappa shape index (κ2) is 9.94. The summed E-state index contributed by atoms with van der Waals surface area (Å²) in [7, 11) is 1.68. The fraction of sp³-hybridized carbons (Fsp3) is 0.600. The van der Waals surface area contributed by atoms with Crippen molar-refractivity contribution < 1.29 is 14.6 Å². The number of aliphatic hydroxyl groups is 1. The number of fused-ring (bicyclic) bond motifs is 1. The summed E-state index contributed by atoms with van der Waals surface area (Å²) in [5.41, 5.74) is 4.15. The average molecular weight is 482 g/mol. The zero-order valence-corrected chi connectivity index (χ0v) is 20.7. The largest absolute Gasteiger partial charge is 0.393 e. The number of anilines is 1. The molecule has 3 aromatic heterocycles. The van der Waals surface area contributed by atoms with E-state index in [1.54, 1.807) is 14.0 Å². The highest BCUT2D eigenvalue weighted by Gasteiger charge is 2.28. The molecule has 2 N–H and O–H groups in total. The third-order valence-electron chi connectivity index (χ3n) is 7.35. The van der Waals surface area contributed by atoms with Crippen molar-refractivity contribution in [2.75, 3.05) is 32.1 Å². The molecular formula is C25H35N7O3. The van der Waals surface area contributed by atoms with E-state index in [0.717, 1.165) is 61.0 Å². The van der Waals surface area contributed by atoms with E-state index >= 15 is 0 Å². The van der Waals surface area contributed by atoms with Gasteiger partial charge in [0, 0.05) is 62.1 Å². The van der Waals surface area contributed by atoms with Gasteiger partial charge in [0.2, 0.25) is 11.9 Å². The molecule has 1 aliphatic carbocycles. The van der Waals surface area contributed by atoms with Crippen molar-refractivity contribution in [3.8, 4) is 11.1 Å². The van der Waals surface area contributed by atoms with Crippen LogP contribution in [0.3, 0.4) is 0 Å². The molecule has 188 valence electrons. The van der Waals surface area contributed by atoms with Crippen molar-refractivity contribution in [2.24, 2.45) is 0 Å².